The third kappa shape index (κ3) is 2.56. The zero-order chi connectivity index (χ0) is 10.8. The van der Waals surface area contributed by atoms with Crippen LogP contribution in [0.15, 0.2) is 5.16 Å². The molecule has 1 atom stereocenters. The maximum atomic E-state index is 11.2. The summed E-state index contributed by atoms with van der Waals surface area (Å²) in [7, 11) is -3.24. The number of nitrogens with zero attached hydrogens (tertiary/aromatic N) is 2. The predicted octanol–water partition coefficient (Wildman–Crippen LogP) is -1.61. The molecule has 1 rings (SSSR count). The number of oxime groups is 1. The first-order chi connectivity index (χ1) is 6.45. The highest BCUT2D eigenvalue weighted by molar-refractivity contribution is 7.88. The lowest BCUT2D eigenvalue weighted by Crippen LogP contribution is -2.50. The molecule has 1 unspecified atom stereocenters. The molecular weight excluding hydrogens is 210 g/mol. The molecule has 0 amide bonds. The number of nitrogens with two attached hydrogens (primary N) is 1. The third-order valence-electron chi connectivity index (χ3n) is 1.94. The number of ether oxygens (including phenoxy) is 1. The summed E-state index contributed by atoms with van der Waals surface area (Å²) < 4.78 is 28.7. The van der Waals surface area contributed by atoms with Gasteiger partial charge in [0.15, 0.2) is 5.84 Å². The Kier molecular flexibility index (Phi) is 3.29. The molecule has 14 heavy (non-hydrogen) atoms. The molecule has 0 saturated carbocycles. The van der Waals surface area contributed by atoms with Gasteiger partial charge in [-0.05, 0) is 0 Å². The van der Waals surface area contributed by atoms with Crippen LogP contribution < -0.4 is 5.73 Å². The molecule has 8 heteroatoms. The van der Waals surface area contributed by atoms with Crippen LogP contribution in [0.4, 0.5) is 0 Å². The largest absolute Gasteiger partial charge is 0.409 e. The molecule has 1 aliphatic rings. The molecule has 82 valence electrons. The maximum absolute atomic E-state index is 11.2. The van der Waals surface area contributed by atoms with E-state index in [1.165, 1.54) is 4.31 Å². The monoisotopic (exact) mass is 223 g/mol. The molecule has 0 aromatic heterocycles. The molecule has 0 aromatic carbocycles. The fourth-order valence-electron chi connectivity index (χ4n) is 1.17. The Balaban J connectivity index is 2.70. The summed E-state index contributed by atoms with van der Waals surface area (Å²) >= 11 is 0. The molecule has 0 radical (unpaired) electrons. The van der Waals surface area contributed by atoms with E-state index in [1.807, 2.05) is 0 Å². The molecule has 0 spiro atoms. The summed E-state index contributed by atoms with van der Waals surface area (Å²) in [6.45, 7) is 0.636. The van der Waals surface area contributed by atoms with Crippen LogP contribution in [0.3, 0.4) is 0 Å². The summed E-state index contributed by atoms with van der Waals surface area (Å²) in [5.41, 5.74) is 5.31. The zero-order valence-corrected chi connectivity index (χ0v) is 8.57. The van der Waals surface area contributed by atoms with Gasteiger partial charge in [0.1, 0.15) is 6.10 Å². The molecule has 7 nitrogen and oxygen atoms in total. The normalized spacial score (nSPS) is 26.4. The number of hydrogen-bond donors (Lipinski definition) is 2. The van der Waals surface area contributed by atoms with Crippen LogP contribution in [-0.4, -0.2) is 55.8 Å². The number of hydrogen-bond acceptors (Lipinski definition) is 5. The van der Waals surface area contributed by atoms with Crippen molar-refractivity contribution in [1.82, 2.24) is 4.31 Å². The zero-order valence-electron chi connectivity index (χ0n) is 7.75. The van der Waals surface area contributed by atoms with Crippen LogP contribution in [0.1, 0.15) is 0 Å². The minimum Gasteiger partial charge on any atom is -0.409 e. The van der Waals surface area contributed by atoms with Gasteiger partial charge in [-0.1, -0.05) is 5.16 Å². The van der Waals surface area contributed by atoms with Gasteiger partial charge in [-0.2, -0.15) is 4.31 Å². The van der Waals surface area contributed by atoms with Gasteiger partial charge in [0.25, 0.3) is 0 Å². The van der Waals surface area contributed by atoms with Gasteiger partial charge >= 0.3 is 0 Å². The molecule has 3 N–H and O–H groups in total. The summed E-state index contributed by atoms with van der Waals surface area (Å²) in [6.07, 6.45) is 0.449. The molecule has 1 saturated heterocycles. The number of amidine groups is 1. The Labute approximate surface area is 82.2 Å². The fraction of sp³-hybridized carbons (Fsp3) is 0.833. The quantitative estimate of drug-likeness (QED) is 0.254. The van der Waals surface area contributed by atoms with Crippen molar-refractivity contribution in [2.75, 3.05) is 26.0 Å². The second kappa shape index (κ2) is 4.11. The summed E-state index contributed by atoms with van der Waals surface area (Å²) in [5.74, 6) is -0.113. The number of sulfonamides is 1. The topological polar surface area (TPSA) is 105 Å². The van der Waals surface area contributed by atoms with E-state index in [4.69, 9.17) is 15.7 Å². The van der Waals surface area contributed by atoms with Gasteiger partial charge in [-0.3, -0.25) is 0 Å². The molecule has 0 bridgehead atoms. The van der Waals surface area contributed by atoms with E-state index in [1.54, 1.807) is 0 Å². The molecule has 1 aliphatic heterocycles. The lowest BCUT2D eigenvalue weighted by atomic mass is 10.3. The van der Waals surface area contributed by atoms with Gasteiger partial charge in [0.05, 0.1) is 12.9 Å². The fourth-order valence-corrected chi connectivity index (χ4v) is 1.98. The van der Waals surface area contributed by atoms with E-state index < -0.39 is 16.1 Å². The highest BCUT2D eigenvalue weighted by Gasteiger charge is 2.28. The number of rotatable bonds is 2. The molecule has 0 aliphatic carbocycles. The maximum Gasteiger partial charge on any atom is 0.211 e. The van der Waals surface area contributed by atoms with Crippen LogP contribution in [-0.2, 0) is 14.8 Å². The van der Waals surface area contributed by atoms with Crippen molar-refractivity contribution in [1.29, 1.82) is 0 Å². The van der Waals surface area contributed by atoms with Crippen LogP contribution >= 0.6 is 0 Å². The molecule has 1 fully saturated rings. The van der Waals surface area contributed by atoms with Crippen LogP contribution in [0.25, 0.3) is 0 Å². The summed E-state index contributed by atoms with van der Waals surface area (Å²) in [5, 5.41) is 11.2. The Morgan fingerprint density at radius 1 is 1.71 bits per heavy atom. The van der Waals surface area contributed by atoms with Gasteiger partial charge in [0, 0.05) is 13.1 Å². The van der Waals surface area contributed by atoms with Gasteiger partial charge in [-0.25, -0.2) is 8.42 Å². The van der Waals surface area contributed by atoms with E-state index in [0.717, 1.165) is 6.26 Å². The molecule has 0 aromatic rings. The molecular formula is C6H13N3O4S. The molecule has 1 heterocycles. The Hall–Kier alpha value is -0.860. The standard InChI is InChI=1S/C6H13N3O4S/c1-14(11,12)9-2-3-13-5(4-9)6(7)8-10/h5,10H,2-4H2,1H3,(H2,7,8). The van der Waals surface area contributed by atoms with Crippen molar-refractivity contribution in [3.05, 3.63) is 0 Å². The van der Waals surface area contributed by atoms with Crippen molar-refractivity contribution < 1.29 is 18.4 Å². The number of morpholine rings is 1. The Bertz CT molecular complexity index is 326. The second-order valence-corrected chi connectivity index (χ2v) is 4.99. The van der Waals surface area contributed by atoms with Crippen molar-refractivity contribution in [2.45, 2.75) is 6.10 Å². The van der Waals surface area contributed by atoms with Gasteiger partial charge < -0.3 is 15.7 Å². The van der Waals surface area contributed by atoms with Crippen LogP contribution in [0, 0.1) is 0 Å². The van der Waals surface area contributed by atoms with Crippen molar-refractivity contribution in [3.8, 4) is 0 Å². The van der Waals surface area contributed by atoms with Gasteiger partial charge in [-0.15, -0.1) is 0 Å². The predicted molar refractivity (Wildman–Crippen MR) is 49.6 cm³/mol. The van der Waals surface area contributed by atoms with Crippen LogP contribution in [0.5, 0.6) is 0 Å². The minimum absolute atomic E-state index is 0.0920. The van der Waals surface area contributed by atoms with E-state index >= 15 is 0 Å². The smallest absolute Gasteiger partial charge is 0.211 e. The van der Waals surface area contributed by atoms with Crippen LogP contribution in [0.2, 0.25) is 0 Å². The van der Waals surface area contributed by atoms with Gasteiger partial charge in [0.2, 0.25) is 10.0 Å². The summed E-state index contributed by atoms with van der Waals surface area (Å²) in [6, 6.07) is 0. The van der Waals surface area contributed by atoms with Crippen molar-refractivity contribution >= 4 is 15.9 Å². The van der Waals surface area contributed by atoms with E-state index in [0.29, 0.717) is 6.54 Å². The van der Waals surface area contributed by atoms with E-state index in [2.05, 4.69) is 5.16 Å². The first-order valence-corrected chi connectivity index (χ1v) is 5.84. The van der Waals surface area contributed by atoms with Crippen molar-refractivity contribution in [3.63, 3.8) is 0 Å². The third-order valence-corrected chi connectivity index (χ3v) is 3.21. The first kappa shape index (κ1) is 11.2. The van der Waals surface area contributed by atoms with E-state index in [9.17, 15) is 8.42 Å². The first-order valence-electron chi connectivity index (χ1n) is 3.99. The summed E-state index contributed by atoms with van der Waals surface area (Å²) in [4.78, 5) is 0. The Morgan fingerprint density at radius 3 is 2.86 bits per heavy atom. The minimum atomic E-state index is -3.24. The second-order valence-electron chi connectivity index (χ2n) is 3.01. The lowest BCUT2D eigenvalue weighted by molar-refractivity contribution is 0.0357. The van der Waals surface area contributed by atoms with E-state index in [-0.39, 0.29) is 19.0 Å². The van der Waals surface area contributed by atoms with Crippen molar-refractivity contribution in [2.24, 2.45) is 10.9 Å². The Morgan fingerprint density at radius 2 is 2.36 bits per heavy atom. The lowest BCUT2D eigenvalue weighted by Gasteiger charge is -2.30. The SMILES string of the molecule is CS(=O)(=O)N1CCOC(/C(N)=N/O)C1. The average molecular weight is 223 g/mol. The highest BCUT2D eigenvalue weighted by Crippen LogP contribution is 2.08. The average Bonchev–Trinajstić information content (AvgIpc) is 2.15. The highest BCUT2D eigenvalue weighted by atomic mass is 32.2.